The van der Waals surface area contributed by atoms with Crippen LogP contribution in [0.25, 0.3) is 4.85 Å². The molecule has 0 aromatic heterocycles. The molecular weight excluding hydrogens is 282 g/mol. The van der Waals surface area contributed by atoms with Gasteiger partial charge in [0.25, 0.3) is 0 Å². The van der Waals surface area contributed by atoms with Crippen molar-refractivity contribution in [3.05, 3.63) is 34.8 Å². The van der Waals surface area contributed by atoms with E-state index in [1.165, 1.54) is 31.3 Å². The van der Waals surface area contributed by atoms with Crippen LogP contribution < -0.4 is 0 Å². The molecule has 6 atom stereocenters. The monoisotopic (exact) mass is 311 g/mol. The molecular formula is C21H29NO. The van der Waals surface area contributed by atoms with E-state index in [0.29, 0.717) is 5.41 Å². The van der Waals surface area contributed by atoms with Crippen molar-refractivity contribution >= 4 is 0 Å². The summed E-state index contributed by atoms with van der Waals surface area (Å²) in [6.45, 7) is 12.1. The van der Waals surface area contributed by atoms with Gasteiger partial charge in [-0.25, -0.2) is 4.85 Å². The third-order valence-corrected chi connectivity index (χ3v) is 8.15. The molecule has 124 valence electrons. The maximum absolute atomic E-state index is 10.1. The van der Waals surface area contributed by atoms with Crippen LogP contribution >= 0.6 is 0 Å². The van der Waals surface area contributed by atoms with Crippen molar-refractivity contribution in [3.63, 3.8) is 0 Å². The summed E-state index contributed by atoms with van der Waals surface area (Å²) in [6.07, 6.45) is 13.4. The van der Waals surface area contributed by atoms with Gasteiger partial charge in [-0.2, -0.15) is 0 Å². The molecule has 0 amide bonds. The molecule has 2 nitrogen and oxygen atoms in total. The maximum atomic E-state index is 10.1. The summed E-state index contributed by atoms with van der Waals surface area (Å²) in [4.78, 5) is 3.59. The predicted octanol–water partition coefficient (Wildman–Crippen LogP) is 5.11. The van der Waals surface area contributed by atoms with Gasteiger partial charge in [-0.3, -0.25) is 0 Å². The van der Waals surface area contributed by atoms with Crippen LogP contribution in [-0.2, 0) is 0 Å². The Kier molecular flexibility index (Phi) is 3.50. The average Bonchev–Trinajstić information content (AvgIpc) is 2.85. The first-order valence-electron chi connectivity index (χ1n) is 9.43. The normalized spacial score (nSPS) is 50.5. The molecule has 0 aliphatic heterocycles. The lowest BCUT2D eigenvalue weighted by atomic mass is 9.48. The van der Waals surface area contributed by atoms with Crippen LogP contribution in [0.4, 0.5) is 0 Å². The van der Waals surface area contributed by atoms with Crippen molar-refractivity contribution in [2.24, 2.45) is 28.6 Å². The molecule has 23 heavy (non-hydrogen) atoms. The predicted molar refractivity (Wildman–Crippen MR) is 92.4 cm³/mol. The highest BCUT2D eigenvalue weighted by Gasteiger charge is 2.56. The molecule has 1 N–H and O–H groups in total. The number of allylic oxidation sites excluding steroid dienone is 2. The minimum atomic E-state index is -0.112. The van der Waals surface area contributed by atoms with Crippen molar-refractivity contribution in [3.8, 4) is 0 Å². The summed E-state index contributed by atoms with van der Waals surface area (Å²) in [5.41, 5.74) is 3.59. The van der Waals surface area contributed by atoms with Crippen LogP contribution in [-0.4, -0.2) is 11.2 Å². The lowest BCUT2D eigenvalue weighted by Gasteiger charge is -2.57. The Labute approximate surface area is 140 Å². The van der Waals surface area contributed by atoms with Crippen molar-refractivity contribution in [2.75, 3.05) is 0 Å². The van der Waals surface area contributed by atoms with Gasteiger partial charge in [0.05, 0.1) is 12.7 Å². The average molecular weight is 311 g/mol. The van der Waals surface area contributed by atoms with E-state index in [1.54, 1.807) is 5.57 Å². The van der Waals surface area contributed by atoms with Gasteiger partial charge in [0, 0.05) is 0 Å². The van der Waals surface area contributed by atoms with E-state index < -0.39 is 0 Å². The van der Waals surface area contributed by atoms with Gasteiger partial charge >= 0.3 is 0 Å². The van der Waals surface area contributed by atoms with Crippen molar-refractivity contribution < 1.29 is 5.11 Å². The third kappa shape index (κ3) is 2.09. The van der Waals surface area contributed by atoms with Gasteiger partial charge in [-0.05, 0) is 80.0 Å². The van der Waals surface area contributed by atoms with E-state index in [2.05, 4.69) is 24.8 Å². The number of aliphatic hydroxyl groups excluding tert-OH is 1. The summed E-state index contributed by atoms with van der Waals surface area (Å²) in [5, 5.41) is 10.1. The van der Waals surface area contributed by atoms with Crippen molar-refractivity contribution in [2.45, 2.75) is 71.3 Å². The lowest BCUT2D eigenvalue weighted by molar-refractivity contribution is -0.0268. The minimum Gasteiger partial charge on any atom is -0.393 e. The van der Waals surface area contributed by atoms with E-state index in [-0.39, 0.29) is 11.5 Å². The van der Waals surface area contributed by atoms with E-state index in [4.69, 9.17) is 6.57 Å². The molecule has 0 bridgehead atoms. The number of hydrogen-bond acceptors (Lipinski definition) is 1. The molecule has 4 rings (SSSR count). The van der Waals surface area contributed by atoms with E-state index >= 15 is 0 Å². The largest absolute Gasteiger partial charge is 0.393 e. The van der Waals surface area contributed by atoms with Crippen LogP contribution in [0, 0.1) is 35.2 Å². The number of rotatable bonds is 0. The summed E-state index contributed by atoms with van der Waals surface area (Å²) in [7, 11) is 0. The van der Waals surface area contributed by atoms with Gasteiger partial charge in [0.15, 0.2) is 6.20 Å². The maximum Gasteiger partial charge on any atom is 0.154 e. The molecule has 4 aliphatic rings. The van der Waals surface area contributed by atoms with Crippen molar-refractivity contribution in [1.82, 2.24) is 0 Å². The molecule has 0 unspecified atom stereocenters. The summed E-state index contributed by atoms with van der Waals surface area (Å²) in [6, 6.07) is 0. The van der Waals surface area contributed by atoms with Crippen LogP contribution in [0.5, 0.6) is 0 Å². The molecule has 0 saturated heterocycles. The SMILES string of the molecule is [C-]#[N+]/C=C1/CC[C@H]2[C@@H]3CC=C4C[C@H](O)CC[C@]4(C)[C@H]3CC[C@]12C. The second-order valence-corrected chi connectivity index (χ2v) is 8.93. The van der Waals surface area contributed by atoms with Crippen LogP contribution in [0.15, 0.2) is 23.4 Å². The number of nitrogens with zero attached hydrogens (tertiary/aromatic N) is 1. The zero-order valence-electron chi connectivity index (χ0n) is 14.5. The molecule has 4 aliphatic carbocycles. The fourth-order valence-electron chi connectivity index (χ4n) is 6.78. The Morgan fingerprint density at radius 1 is 1.17 bits per heavy atom. The first kappa shape index (κ1) is 15.5. The fourth-order valence-corrected chi connectivity index (χ4v) is 6.78. The Morgan fingerprint density at radius 3 is 2.70 bits per heavy atom. The Morgan fingerprint density at radius 2 is 1.91 bits per heavy atom. The van der Waals surface area contributed by atoms with Gasteiger partial charge < -0.3 is 5.11 Å². The van der Waals surface area contributed by atoms with Gasteiger partial charge in [0.2, 0.25) is 0 Å². The second kappa shape index (κ2) is 5.21. The number of aliphatic hydroxyl groups is 1. The van der Waals surface area contributed by atoms with Gasteiger partial charge in [0.1, 0.15) is 0 Å². The zero-order valence-corrected chi connectivity index (χ0v) is 14.5. The highest BCUT2D eigenvalue weighted by atomic mass is 16.3. The molecule has 0 spiro atoms. The van der Waals surface area contributed by atoms with E-state index in [9.17, 15) is 5.11 Å². The topological polar surface area (TPSA) is 24.6 Å². The van der Waals surface area contributed by atoms with Crippen LogP contribution in [0.3, 0.4) is 0 Å². The van der Waals surface area contributed by atoms with Gasteiger partial charge in [-0.1, -0.05) is 31.1 Å². The van der Waals surface area contributed by atoms with Crippen molar-refractivity contribution in [1.29, 1.82) is 0 Å². The first-order valence-corrected chi connectivity index (χ1v) is 9.43. The smallest absolute Gasteiger partial charge is 0.154 e. The molecule has 0 radical (unpaired) electrons. The standard InChI is InChI=1S/C21H29NO/c1-20-10-8-16(23)12-14(20)4-6-17-18-7-5-15(13-22-3)21(18,2)11-9-19(17)20/h4,13,16-19,23H,5-12H2,1-2H3/b15-13-/t16-,17+,18+,19+,20+,21-/m1/s1. The second-order valence-electron chi connectivity index (χ2n) is 8.93. The lowest BCUT2D eigenvalue weighted by Crippen LogP contribution is -2.49. The molecule has 3 saturated carbocycles. The van der Waals surface area contributed by atoms with Crippen LogP contribution in [0.2, 0.25) is 0 Å². The zero-order chi connectivity index (χ0) is 16.2. The van der Waals surface area contributed by atoms with Crippen LogP contribution in [0.1, 0.15) is 65.2 Å². The molecule has 2 heteroatoms. The first-order chi connectivity index (χ1) is 11.0. The Bertz CT molecular complexity index is 612. The summed E-state index contributed by atoms with van der Waals surface area (Å²) < 4.78 is 0. The van der Waals surface area contributed by atoms with E-state index in [1.807, 2.05) is 6.20 Å². The Balaban J connectivity index is 1.68. The molecule has 0 aromatic carbocycles. The molecule has 0 heterocycles. The number of fused-ring (bicyclic) bond motifs is 5. The van der Waals surface area contributed by atoms with E-state index in [0.717, 1.165) is 43.4 Å². The molecule has 0 aromatic rings. The third-order valence-electron chi connectivity index (χ3n) is 8.15. The van der Waals surface area contributed by atoms with Gasteiger partial charge in [-0.15, -0.1) is 0 Å². The Hall–Kier alpha value is -1.07. The summed E-state index contributed by atoms with van der Waals surface area (Å²) >= 11 is 0. The fraction of sp³-hybridized carbons (Fsp3) is 0.762. The molecule has 3 fully saturated rings. The quantitative estimate of drug-likeness (QED) is 0.488. The minimum absolute atomic E-state index is 0.112. The number of hydrogen-bond donors (Lipinski definition) is 1. The summed E-state index contributed by atoms with van der Waals surface area (Å²) in [5.74, 6) is 2.34. The highest BCUT2D eigenvalue weighted by molar-refractivity contribution is 5.30. The highest BCUT2D eigenvalue weighted by Crippen LogP contribution is 2.66.